The standard InChI is InChI=1S/C10H13N/c1-3-9(2)10-6-4-5-7-11-8-10/h4-6,8-9H,3H2,1-2H3. The van der Waals surface area contributed by atoms with Crippen LogP contribution in [0.3, 0.4) is 0 Å². The Balaban J connectivity index is 2.74. The Morgan fingerprint density at radius 1 is 1.64 bits per heavy atom. The molecule has 0 aromatic rings. The van der Waals surface area contributed by atoms with Crippen LogP contribution in [0.25, 0.3) is 0 Å². The van der Waals surface area contributed by atoms with E-state index >= 15 is 0 Å². The smallest absolute Gasteiger partial charge is 0.0402 e. The summed E-state index contributed by atoms with van der Waals surface area (Å²) < 4.78 is 0. The molecule has 0 N–H and O–H groups in total. The third kappa shape index (κ3) is 2.21. The molecule has 0 saturated heterocycles. The van der Waals surface area contributed by atoms with Gasteiger partial charge in [-0.3, -0.25) is 0 Å². The largest absolute Gasteiger partial charge is 0.214 e. The average molecular weight is 147 g/mol. The van der Waals surface area contributed by atoms with E-state index in [1.165, 1.54) is 5.57 Å². The molecule has 1 atom stereocenters. The van der Waals surface area contributed by atoms with Crippen molar-refractivity contribution < 1.29 is 0 Å². The number of allylic oxidation sites excluding steroid dienone is 4. The minimum absolute atomic E-state index is 0.600. The summed E-state index contributed by atoms with van der Waals surface area (Å²) >= 11 is 0. The van der Waals surface area contributed by atoms with Crippen LogP contribution >= 0.6 is 0 Å². The average Bonchev–Trinajstić information content (AvgIpc) is 2.30. The molecule has 0 aromatic heterocycles. The molecule has 1 unspecified atom stereocenters. The summed E-state index contributed by atoms with van der Waals surface area (Å²) in [4.78, 5) is 3.99. The summed E-state index contributed by atoms with van der Waals surface area (Å²) in [7, 11) is 0. The zero-order valence-electron chi connectivity index (χ0n) is 7.04. The number of nitrogens with zero attached hydrogens (tertiary/aromatic N) is 1. The molecule has 0 spiro atoms. The van der Waals surface area contributed by atoms with Gasteiger partial charge in [0.1, 0.15) is 0 Å². The fraction of sp³-hybridized carbons (Fsp3) is 0.400. The first-order chi connectivity index (χ1) is 5.34. The molecule has 1 aliphatic heterocycles. The van der Waals surface area contributed by atoms with E-state index in [1.807, 2.05) is 18.4 Å². The van der Waals surface area contributed by atoms with E-state index in [-0.39, 0.29) is 0 Å². The molecule has 0 fully saturated rings. The molecule has 0 bridgehead atoms. The summed E-state index contributed by atoms with van der Waals surface area (Å²) in [5, 5.41) is 0. The van der Waals surface area contributed by atoms with Gasteiger partial charge in [0, 0.05) is 6.20 Å². The third-order valence-corrected chi connectivity index (χ3v) is 1.93. The predicted molar refractivity (Wildman–Crippen MR) is 48.7 cm³/mol. The highest BCUT2D eigenvalue weighted by molar-refractivity contribution is 5.57. The second-order valence-corrected chi connectivity index (χ2v) is 2.72. The Morgan fingerprint density at radius 2 is 2.45 bits per heavy atom. The minimum Gasteiger partial charge on any atom is -0.214 e. The lowest BCUT2D eigenvalue weighted by atomic mass is 9.99. The lowest BCUT2D eigenvalue weighted by Gasteiger charge is -2.07. The fourth-order valence-corrected chi connectivity index (χ4v) is 0.927. The van der Waals surface area contributed by atoms with E-state index < -0.39 is 0 Å². The second kappa shape index (κ2) is 3.95. The first kappa shape index (κ1) is 8.03. The lowest BCUT2D eigenvalue weighted by Crippen LogP contribution is -1.93. The number of aliphatic imine (C=N–C) groups is 1. The Labute approximate surface area is 67.8 Å². The molecule has 1 heterocycles. The first-order valence-electron chi connectivity index (χ1n) is 4.00. The highest BCUT2D eigenvalue weighted by atomic mass is 14.6. The van der Waals surface area contributed by atoms with Crippen molar-refractivity contribution in [1.29, 1.82) is 0 Å². The van der Waals surface area contributed by atoms with Crippen LogP contribution in [0.15, 0.2) is 35.0 Å². The summed E-state index contributed by atoms with van der Waals surface area (Å²) in [6.07, 6.45) is 8.94. The zero-order valence-corrected chi connectivity index (χ0v) is 7.04. The Morgan fingerprint density at radius 3 is 3.18 bits per heavy atom. The molecule has 1 heteroatoms. The monoisotopic (exact) mass is 147 g/mol. The predicted octanol–water partition coefficient (Wildman–Crippen LogP) is 2.71. The molecule has 0 aromatic carbocycles. The van der Waals surface area contributed by atoms with Crippen molar-refractivity contribution in [3.8, 4) is 0 Å². The van der Waals surface area contributed by atoms with Crippen LogP contribution in [0.5, 0.6) is 0 Å². The van der Waals surface area contributed by atoms with E-state index in [1.54, 1.807) is 0 Å². The molecule has 0 aliphatic carbocycles. The molecular weight excluding hydrogens is 134 g/mol. The van der Waals surface area contributed by atoms with Crippen LogP contribution in [-0.2, 0) is 0 Å². The molecule has 1 aliphatic rings. The van der Waals surface area contributed by atoms with Gasteiger partial charge in [0.05, 0.1) is 0 Å². The van der Waals surface area contributed by atoms with Gasteiger partial charge in [0.2, 0.25) is 0 Å². The third-order valence-electron chi connectivity index (χ3n) is 1.93. The van der Waals surface area contributed by atoms with Gasteiger partial charge in [-0.2, -0.15) is 0 Å². The Kier molecular flexibility index (Phi) is 2.88. The van der Waals surface area contributed by atoms with Crippen molar-refractivity contribution in [3.05, 3.63) is 30.0 Å². The van der Waals surface area contributed by atoms with E-state index in [9.17, 15) is 0 Å². The number of hydrogen-bond donors (Lipinski definition) is 0. The quantitative estimate of drug-likeness (QED) is 0.569. The zero-order chi connectivity index (χ0) is 8.10. The van der Waals surface area contributed by atoms with Gasteiger partial charge >= 0.3 is 0 Å². The summed E-state index contributed by atoms with van der Waals surface area (Å²) in [6, 6.07) is 0. The molecule has 0 saturated carbocycles. The summed E-state index contributed by atoms with van der Waals surface area (Å²) in [6.45, 7) is 4.39. The highest BCUT2D eigenvalue weighted by Crippen LogP contribution is 2.16. The van der Waals surface area contributed by atoms with Crippen LogP contribution in [0.4, 0.5) is 0 Å². The Hall–Kier alpha value is -1.07. The molecule has 0 amide bonds. The van der Waals surface area contributed by atoms with Crippen molar-refractivity contribution in [2.45, 2.75) is 20.3 Å². The first-order valence-corrected chi connectivity index (χ1v) is 4.00. The normalized spacial score (nSPS) is 17.8. The van der Waals surface area contributed by atoms with Crippen molar-refractivity contribution >= 4 is 5.87 Å². The fourth-order valence-electron chi connectivity index (χ4n) is 0.927. The van der Waals surface area contributed by atoms with Crippen molar-refractivity contribution in [2.75, 3.05) is 0 Å². The van der Waals surface area contributed by atoms with Crippen molar-refractivity contribution in [3.63, 3.8) is 0 Å². The maximum atomic E-state index is 3.99. The van der Waals surface area contributed by atoms with Crippen molar-refractivity contribution in [2.24, 2.45) is 10.9 Å². The molecular formula is C10H13N. The van der Waals surface area contributed by atoms with Gasteiger partial charge in [-0.15, -0.1) is 0 Å². The van der Waals surface area contributed by atoms with Gasteiger partial charge in [-0.05, 0) is 29.9 Å². The number of hydrogen-bond acceptors (Lipinski definition) is 1. The van der Waals surface area contributed by atoms with Gasteiger partial charge in [0.15, 0.2) is 0 Å². The van der Waals surface area contributed by atoms with Crippen LogP contribution in [0, 0.1) is 5.92 Å². The Bertz CT molecular complexity index is 240. The van der Waals surface area contributed by atoms with Crippen LogP contribution in [0.2, 0.25) is 0 Å². The topological polar surface area (TPSA) is 12.4 Å². The maximum absolute atomic E-state index is 3.99. The SMILES string of the molecule is CCC(C)C1=CN=C=CC=C1. The number of rotatable bonds is 2. The van der Waals surface area contributed by atoms with Gasteiger partial charge in [-0.1, -0.05) is 26.0 Å². The molecule has 58 valence electrons. The van der Waals surface area contributed by atoms with Crippen LogP contribution in [-0.4, -0.2) is 5.87 Å². The van der Waals surface area contributed by atoms with Crippen LogP contribution in [0.1, 0.15) is 20.3 Å². The summed E-state index contributed by atoms with van der Waals surface area (Å²) in [5.41, 5.74) is 1.29. The highest BCUT2D eigenvalue weighted by Gasteiger charge is 2.02. The van der Waals surface area contributed by atoms with Gasteiger partial charge in [-0.25, -0.2) is 4.99 Å². The molecule has 11 heavy (non-hydrogen) atoms. The molecule has 1 nitrogen and oxygen atoms in total. The van der Waals surface area contributed by atoms with E-state index in [0.29, 0.717) is 5.92 Å². The van der Waals surface area contributed by atoms with Crippen molar-refractivity contribution in [1.82, 2.24) is 0 Å². The van der Waals surface area contributed by atoms with Crippen LogP contribution < -0.4 is 0 Å². The lowest BCUT2D eigenvalue weighted by molar-refractivity contribution is 0.669. The van der Waals surface area contributed by atoms with E-state index in [4.69, 9.17) is 0 Å². The second-order valence-electron chi connectivity index (χ2n) is 2.72. The maximum Gasteiger partial charge on any atom is 0.0402 e. The van der Waals surface area contributed by atoms with Gasteiger partial charge < -0.3 is 0 Å². The molecule has 1 rings (SSSR count). The minimum atomic E-state index is 0.600. The van der Waals surface area contributed by atoms with E-state index in [0.717, 1.165) is 6.42 Å². The van der Waals surface area contributed by atoms with Gasteiger partial charge in [0.25, 0.3) is 0 Å². The summed E-state index contributed by atoms with van der Waals surface area (Å²) in [5.74, 6) is 3.39. The van der Waals surface area contributed by atoms with E-state index in [2.05, 4.69) is 30.8 Å². The molecule has 0 radical (unpaired) electrons.